The number of rotatable bonds is 1. The zero-order chi connectivity index (χ0) is 10.1. The van der Waals surface area contributed by atoms with Gasteiger partial charge in [0.1, 0.15) is 5.75 Å². The summed E-state index contributed by atoms with van der Waals surface area (Å²) in [7, 11) is 2.00. The molecule has 1 aliphatic heterocycles. The fraction of sp³-hybridized carbons (Fsp3) is 0.455. The lowest BCUT2D eigenvalue weighted by molar-refractivity contribution is 0.192. The van der Waals surface area contributed by atoms with E-state index in [4.69, 9.17) is 4.74 Å². The van der Waals surface area contributed by atoms with E-state index in [1.807, 2.05) is 13.1 Å². The van der Waals surface area contributed by atoms with Crippen LogP contribution in [0.3, 0.4) is 0 Å². The van der Waals surface area contributed by atoms with Crippen LogP contribution in [0.25, 0.3) is 0 Å². The minimum atomic E-state index is 0.399. The Labute approximate surface area is 92.8 Å². The number of para-hydroxylation sites is 1. The predicted octanol–water partition coefficient (Wildman–Crippen LogP) is 2.74. The van der Waals surface area contributed by atoms with Gasteiger partial charge in [0.05, 0.1) is 11.1 Å². The molecule has 0 saturated heterocycles. The molecule has 1 aliphatic rings. The second kappa shape index (κ2) is 3.91. The molecule has 1 aromatic rings. The first-order chi connectivity index (χ1) is 6.74. The van der Waals surface area contributed by atoms with Gasteiger partial charge in [-0.05, 0) is 29.0 Å². The molecule has 0 fully saturated rings. The Hall–Kier alpha value is -0.540. The molecular formula is C11H14BrNO. The first kappa shape index (κ1) is 9.99. The average Bonchev–Trinajstić information content (AvgIpc) is 2.18. The van der Waals surface area contributed by atoms with Crippen molar-refractivity contribution in [2.45, 2.75) is 13.0 Å². The molecule has 2 unspecified atom stereocenters. The monoisotopic (exact) mass is 255 g/mol. The van der Waals surface area contributed by atoms with Gasteiger partial charge in [0, 0.05) is 17.5 Å². The van der Waals surface area contributed by atoms with Crippen LogP contribution < -0.4 is 10.1 Å². The van der Waals surface area contributed by atoms with Crippen molar-refractivity contribution in [3.8, 4) is 5.75 Å². The maximum atomic E-state index is 5.71. The molecule has 0 aromatic heterocycles. The van der Waals surface area contributed by atoms with Gasteiger partial charge in [-0.3, -0.25) is 0 Å². The maximum absolute atomic E-state index is 5.71. The van der Waals surface area contributed by atoms with Crippen LogP contribution in [0.2, 0.25) is 0 Å². The van der Waals surface area contributed by atoms with Crippen LogP contribution in [0.1, 0.15) is 18.5 Å². The quantitative estimate of drug-likeness (QED) is 0.834. The highest BCUT2D eigenvalue weighted by atomic mass is 79.9. The van der Waals surface area contributed by atoms with E-state index in [1.54, 1.807) is 0 Å². The van der Waals surface area contributed by atoms with E-state index < -0.39 is 0 Å². The fourth-order valence-electron chi connectivity index (χ4n) is 1.98. The molecule has 0 bridgehead atoms. The van der Waals surface area contributed by atoms with Gasteiger partial charge in [-0.2, -0.15) is 0 Å². The van der Waals surface area contributed by atoms with Gasteiger partial charge in [0.15, 0.2) is 0 Å². The van der Waals surface area contributed by atoms with Crippen LogP contribution in [0.4, 0.5) is 0 Å². The summed E-state index contributed by atoms with van der Waals surface area (Å²) >= 11 is 3.51. The topological polar surface area (TPSA) is 21.3 Å². The SMILES string of the molecule is CNC1c2cccc(Br)c2OCC1C. The van der Waals surface area contributed by atoms with Gasteiger partial charge in [-0.25, -0.2) is 0 Å². The van der Waals surface area contributed by atoms with Crippen LogP contribution in [0.5, 0.6) is 5.75 Å². The zero-order valence-corrected chi connectivity index (χ0v) is 9.97. The highest BCUT2D eigenvalue weighted by Gasteiger charge is 2.27. The Morgan fingerprint density at radius 2 is 2.29 bits per heavy atom. The van der Waals surface area contributed by atoms with E-state index in [0.717, 1.165) is 16.8 Å². The lowest BCUT2D eigenvalue weighted by Crippen LogP contribution is -2.31. The Morgan fingerprint density at radius 1 is 1.50 bits per heavy atom. The molecule has 0 radical (unpaired) electrons. The Balaban J connectivity index is 2.46. The largest absolute Gasteiger partial charge is 0.492 e. The van der Waals surface area contributed by atoms with Crippen LogP contribution >= 0.6 is 15.9 Å². The molecule has 14 heavy (non-hydrogen) atoms. The summed E-state index contributed by atoms with van der Waals surface area (Å²) in [5.41, 5.74) is 1.25. The second-order valence-electron chi connectivity index (χ2n) is 3.71. The smallest absolute Gasteiger partial charge is 0.138 e. The van der Waals surface area contributed by atoms with Gasteiger partial charge in [0.25, 0.3) is 0 Å². The van der Waals surface area contributed by atoms with Gasteiger partial charge >= 0.3 is 0 Å². The number of benzene rings is 1. The van der Waals surface area contributed by atoms with Crippen molar-refractivity contribution in [1.82, 2.24) is 5.32 Å². The summed E-state index contributed by atoms with van der Waals surface area (Å²) in [6.45, 7) is 2.98. The third-order valence-corrected chi connectivity index (χ3v) is 3.33. The Kier molecular flexibility index (Phi) is 2.79. The van der Waals surface area contributed by atoms with Gasteiger partial charge in [-0.1, -0.05) is 19.1 Å². The molecule has 2 atom stereocenters. The molecule has 0 saturated carbocycles. The van der Waals surface area contributed by atoms with Crippen LogP contribution in [0.15, 0.2) is 22.7 Å². The van der Waals surface area contributed by atoms with Crippen molar-refractivity contribution in [3.63, 3.8) is 0 Å². The van der Waals surface area contributed by atoms with Gasteiger partial charge in [0.2, 0.25) is 0 Å². The number of hydrogen-bond donors (Lipinski definition) is 1. The van der Waals surface area contributed by atoms with E-state index in [1.165, 1.54) is 5.56 Å². The highest BCUT2D eigenvalue weighted by Crippen LogP contribution is 2.39. The van der Waals surface area contributed by atoms with Gasteiger partial charge < -0.3 is 10.1 Å². The molecule has 1 N–H and O–H groups in total. The van der Waals surface area contributed by atoms with Crippen molar-refractivity contribution in [2.75, 3.05) is 13.7 Å². The van der Waals surface area contributed by atoms with Crippen LogP contribution in [0, 0.1) is 5.92 Å². The summed E-state index contributed by atoms with van der Waals surface area (Å²) in [6.07, 6.45) is 0. The van der Waals surface area contributed by atoms with Crippen molar-refractivity contribution >= 4 is 15.9 Å². The number of fused-ring (bicyclic) bond motifs is 1. The Morgan fingerprint density at radius 3 is 3.00 bits per heavy atom. The summed E-state index contributed by atoms with van der Waals surface area (Å²) in [4.78, 5) is 0. The molecule has 0 amide bonds. The third-order valence-electron chi connectivity index (χ3n) is 2.70. The lowest BCUT2D eigenvalue weighted by Gasteiger charge is -2.31. The van der Waals surface area contributed by atoms with Crippen molar-refractivity contribution in [2.24, 2.45) is 5.92 Å². The molecule has 0 spiro atoms. The Bertz CT molecular complexity index is 340. The lowest BCUT2D eigenvalue weighted by atomic mass is 9.92. The predicted molar refractivity (Wildman–Crippen MR) is 60.6 cm³/mol. The minimum Gasteiger partial charge on any atom is -0.492 e. The van der Waals surface area contributed by atoms with Gasteiger partial charge in [-0.15, -0.1) is 0 Å². The third kappa shape index (κ3) is 1.55. The van der Waals surface area contributed by atoms with Crippen LogP contribution in [-0.4, -0.2) is 13.7 Å². The van der Waals surface area contributed by atoms with Crippen molar-refractivity contribution in [1.29, 1.82) is 0 Å². The van der Waals surface area contributed by atoms with E-state index in [-0.39, 0.29) is 0 Å². The first-order valence-corrected chi connectivity index (χ1v) is 5.62. The first-order valence-electron chi connectivity index (χ1n) is 4.82. The van der Waals surface area contributed by atoms with Crippen molar-refractivity contribution < 1.29 is 4.74 Å². The summed E-state index contributed by atoms with van der Waals surface area (Å²) in [6, 6.07) is 6.59. The zero-order valence-electron chi connectivity index (χ0n) is 8.38. The van der Waals surface area contributed by atoms with E-state index >= 15 is 0 Å². The number of hydrogen-bond acceptors (Lipinski definition) is 2. The van der Waals surface area contributed by atoms with E-state index in [9.17, 15) is 0 Å². The minimum absolute atomic E-state index is 0.399. The second-order valence-corrected chi connectivity index (χ2v) is 4.57. The summed E-state index contributed by atoms with van der Waals surface area (Å²) < 4.78 is 6.76. The number of nitrogens with one attached hydrogen (secondary N) is 1. The highest BCUT2D eigenvalue weighted by molar-refractivity contribution is 9.10. The van der Waals surface area contributed by atoms with Crippen LogP contribution in [-0.2, 0) is 0 Å². The number of halogens is 1. The molecule has 76 valence electrons. The number of ether oxygens (including phenoxy) is 1. The molecule has 0 aliphatic carbocycles. The summed E-state index contributed by atoms with van der Waals surface area (Å²) in [5, 5.41) is 3.34. The van der Waals surface area contributed by atoms with E-state index in [0.29, 0.717) is 12.0 Å². The molecule has 2 nitrogen and oxygen atoms in total. The molecule has 1 heterocycles. The molecule has 2 rings (SSSR count). The fourth-order valence-corrected chi connectivity index (χ4v) is 2.48. The van der Waals surface area contributed by atoms with Crippen molar-refractivity contribution in [3.05, 3.63) is 28.2 Å². The average molecular weight is 256 g/mol. The normalized spacial score (nSPS) is 25.4. The van der Waals surface area contributed by atoms with E-state index in [2.05, 4.69) is 40.3 Å². The molecule has 3 heteroatoms. The maximum Gasteiger partial charge on any atom is 0.138 e. The standard InChI is InChI=1S/C11H14BrNO/c1-7-6-14-11-8(10(7)13-2)4-3-5-9(11)12/h3-5,7,10,13H,6H2,1-2H3. The summed E-state index contributed by atoms with van der Waals surface area (Å²) in [5.74, 6) is 1.51. The molecule has 1 aromatic carbocycles. The molecular weight excluding hydrogens is 242 g/mol.